The Bertz CT molecular complexity index is 1480. The first-order valence-electron chi connectivity index (χ1n) is 11.1. The Morgan fingerprint density at radius 3 is 2.10 bits per heavy atom. The zero-order chi connectivity index (χ0) is 29.7. The van der Waals surface area contributed by atoms with Crippen LogP contribution in [0.25, 0.3) is 10.8 Å². The van der Waals surface area contributed by atoms with Crippen molar-refractivity contribution in [3.05, 3.63) is 82.9 Å². The van der Waals surface area contributed by atoms with Crippen molar-refractivity contribution in [2.75, 3.05) is 0 Å². The molecule has 4 rings (SSSR count). The van der Waals surface area contributed by atoms with Gasteiger partial charge < -0.3 is 10.2 Å². The number of hydrogen-bond acceptors (Lipinski definition) is 3. The summed E-state index contributed by atoms with van der Waals surface area (Å²) in [5.41, 5.74) is -5.68. The second-order valence-electron chi connectivity index (χ2n) is 8.78. The zero-order valence-electron chi connectivity index (χ0n) is 19.6. The van der Waals surface area contributed by atoms with Gasteiger partial charge in [-0.1, -0.05) is 53.7 Å². The second-order valence-corrected chi connectivity index (χ2v) is 8.78. The Hall–Kier alpha value is -3.91. The molecule has 0 radical (unpaired) electrons. The van der Waals surface area contributed by atoms with Gasteiger partial charge in [0.1, 0.15) is 0 Å². The topological polar surface area (TPSA) is 50.7 Å². The standard InChI is InChI=1S/C25H15F11N2O2/c26-22(27,25(34,35)36)20(39)37-12-13-8-9-18(17-7-2-1-6-16(13)17)19-11-21(40-38-19,24(31,32)33)14-4-3-5-15(10-14)23(28,29)30/h1-10H,11-12H2,(H,37,39). The number of alkyl halides is 11. The van der Waals surface area contributed by atoms with Crippen LogP contribution in [0.4, 0.5) is 48.3 Å². The number of oxime groups is 1. The number of halogens is 11. The van der Waals surface area contributed by atoms with Crippen molar-refractivity contribution >= 4 is 22.4 Å². The lowest BCUT2D eigenvalue weighted by Gasteiger charge is -2.30. The van der Waals surface area contributed by atoms with Gasteiger partial charge >= 0.3 is 30.4 Å². The van der Waals surface area contributed by atoms with Crippen molar-refractivity contribution in [2.45, 2.75) is 43.0 Å². The first-order valence-corrected chi connectivity index (χ1v) is 11.1. The lowest BCUT2D eigenvalue weighted by atomic mass is 9.84. The number of rotatable bonds is 5. The molecule has 1 aliphatic heterocycles. The molecule has 1 heterocycles. The first-order chi connectivity index (χ1) is 18.4. The molecular formula is C25H15F11N2O2. The van der Waals surface area contributed by atoms with Gasteiger partial charge in [-0.3, -0.25) is 4.79 Å². The molecule has 0 fully saturated rings. The molecule has 1 amide bonds. The predicted molar refractivity (Wildman–Crippen MR) is 118 cm³/mol. The van der Waals surface area contributed by atoms with Crippen LogP contribution in [0.3, 0.4) is 0 Å². The summed E-state index contributed by atoms with van der Waals surface area (Å²) in [7, 11) is 0. The second kappa shape index (κ2) is 9.63. The first kappa shape index (κ1) is 29.1. The Balaban J connectivity index is 1.69. The fraction of sp³-hybridized carbons (Fsp3) is 0.280. The maximum atomic E-state index is 14.3. The molecule has 0 aliphatic carbocycles. The monoisotopic (exact) mass is 584 g/mol. The quantitative estimate of drug-likeness (QED) is 0.321. The van der Waals surface area contributed by atoms with Crippen molar-refractivity contribution in [2.24, 2.45) is 5.16 Å². The molecule has 1 unspecified atom stereocenters. The summed E-state index contributed by atoms with van der Waals surface area (Å²) in [6.07, 6.45) is -17.3. The van der Waals surface area contributed by atoms with E-state index in [1.807, 2.05) is 0 Å². The van der Waals surface area contributed by atoms with Crippen LogP contribution in [0.5, 0.6) is 0 Å². The van der Waals surface area contributed by atoms with Crippen LogP contribution < -0.4 is 5.32 Å². The van der Waals surface area contributed by atoms with E-state index in [2.05, 4.69) is 5.16 Å². The molecule has 0 saturated carbocycles. The van der Waals surface area contributed by atoms with E-state index in [-0.39, 0.29) is 27.6 Å². The van der Waals surface area contributed by atoms with Crippen LogP contribution in [-0.4, -0.2) is 29.9 Å². The minimum atomic E-state index is -6.13. The number of amides is 1. The molecule has 1 atom stereocenters. The lowest BCUT2D eigenvalue weighted by molar-refractivity contribution is -0.276. The fourth-order valence-electron chi connectivity index (χ4n) is 4.18. The van der Waals surface area contributed by atoms with E-state index in [4.69, 9.17) is 4.84 Å². The SMILES string of the molecule is O=C(NCc1ccc(C2=NOC(c3cccc(C(F)(F)F)c3)(C(F)(F)F)C2)c2ccccc12)C(F)(F)C(F)(F)F. The number of carbonyl (C=O) groups excluding carboxylic acids is 1. The summed E-state index contributed by atoms with van der Waals surface area (Å²) < 4.78 is 146. The summed E-state index contributed by atoms with van der Waals surface area (Å²) in [5.74, 6) is -8.26. The Morgan fingerprint density at radius 1 is 0.850 bits per heavy atom. The van der Waals surface area contributed by atoms with Gasteiger partial charge in [0.05, 0.1) is 11.3 Å². The van der Waals surface area contributed by atoms with Gasteiger partial charge in [0.25, 0.3) is 5.60 Å². The van der Waals surface area contributed by atoms with Gasteiger partial charge in [-0.25, -0.2) is 0 Å². The molecule has 1 N–H and O–H groups in total. The Morgan fingerprint density at radius 2 is 1.50 bits per heavy atom. The smallest absolute Gasteiger partial charge is 0.374 e. The maximum absolute atomic E-state index is 14.3. The van der Waals surface area contributed by atoms with Crippen LogP contribution in [0.2, 0.25) is 0 Å². The number of hydrogen-bond donors (Lipinski definition) is 1. The van der Waals surface area contributed by atoms with Gasteiger partial charge in [0, 0.05) is 24.1 Å². The summed E-state index contributed by atoms with van der Waals surface area (Å²) in [6.45, 7) is -0.787. The third kappa shape index (κ3) is 5.04. The van der Waals surface area contributed by atoms with E-state index in [0.717, 1.165) is 12.1 Å². The van der Waals surface area contributed by atoms with Gasteiger partial charge in [0.2, 0.25) is 0 Å². The summed E-state index contributed by atoms with van der Waals surface area (Å²) in [5, 5.41) is 5.36. The fourth-order valence-corrected chi connectivity index (χ4v) is 4.18. The third-order valence-corrected chi connectivity index (χ3v) is 6.25. The van der Waals surface area contributed by atoms with Crippen LogP contribution >= 0.6 is 0 Å². The van der Waals surface area contributed by atoms with E-state index in [0.29, 0.717) is 12.1 Å². The van der Waals surface area contributed by atoms with Gasteiger partial charge in [-0.05, 0) is 28.5 Å². The maximum Gasteiger partial charge on any atom is 0.463 e. The average molecular weight is 584 g/mol. The molecule has 0 saturated heterocycles. The predicted octanol–water partition coefficient (Wildman–Crippen LogP) is 7.25. The van der Waals surface area contributed by atoms with E-state index in [9.17, 15) is 53.1 Å². The molecule has 40 heavy (non-hydrogen) atoms. The normalized spacial score (nSPS) is 18.4. The Kier molecular flexibility index (Phi) is 7.00. The van der Waals surface area contributed by atoms with E-state index in [1.54, 1.807) is 0 Å². The van der Waals surface area contributed by atoms with Crippen molar-refractivity contribution in [1.82, 2.24) is 5.32 Å². The molecule has 15 heteroatoms. The van der Waals surface area contributed by atoms with Gasteiger partial charge in [0.15, 0.2) is 0 Å². The molecule has 3 aromatic rings. The number of nitrogens with zero attached hydrogens (tertiary/aromatic N) is 1. The van der Waals surface area contributed by atoms with E-state index < -0.39 is 60.1 Å². The molecule has 214 valence electrons. The van der Waals surface area contributed by atoms with E-state index in [1.165, 1.54) is 41.7 Å². The molecular weight excluding hydrogens is 569 g/mol. The summed E-state index contributed by atoms with van der Waals surface area (Å²) in [4.78, 5) is 16.3. The number of benzene rings is 3. The van der Waals surface area contributed by atoms with Crippen LogP contribution in [-0.2, 0) is 28.0 Å². The number of carbonyl (C=O) groups is 1. The minimum absolute atomic E-state index is 0.0319. The Labute approximate surface area is 217 Å². The van der Waals surface area contributed by atoms with Crippen molar-refractivity contribution in [3.8, 4) is 0 Å². The minimum Gasteiger partial charge on any atom is -0.374 e. The molecule has 0 aromatic heterocycles. The average Bonchev–Trinajstić information content (AvgIpc) is 3.33. The molecule has 0 spiro atoms. The highest BCUT2D eigenvalue weighted by molar-refractivity contribution is 6.12. The third-order valence-electron chi connectivity index (χ3n) is 6.25. The molecule has 3 aromatic carbocycles. The molecule has 0 bridgehead atoms. The van der Waals surface area contributed by atoms with Gasteiger partial charge in [-0.2, -0.15) is 48.3 Å². The highest BCUT2D eigenvalue weighted by atomic mass is 19.4. The largest absolute Gasteiger partial charge is 0.463 e. The zero-order valence-corrected chi connectivity index (χ0v) is 19.6. The highest BCUT2D eigenvalue weighted by Gasteiger charge is 2.64. The lowest BCUT2D eigenvalue weighted by Crippen LogP contribution is -2.50. The van der Waals surface area contributed by atoms with Crippen molar-refractivity contribution < 1.29 is 57.9 Å². The molecule has 4 nitrogen and oxygen atoms in total. The van der Waals surface area contributed by atoms with Crippen LogP contribution in [0, 0.1) is 0 Å². The van der Waals surface area contributed by atoms with Crippen molar-refractivity contribution in [3.63, 3.8) is 0 Å². The highest BCUT2D eigenvalue weighted by Crippen LogP contribution is 2.50. The van der Waals surface area contributed by atoms with Crippen LogP contribution in [0.1, 0.15) is 28.7 Å². The number of nitrogens with one attached hydrogen (secondary N) is 1. The number of fused-ring (bicyclic) bond motifs is 1. The van der Waals surface area contributed by atoms with Gasteiger partial charge in [-0.15, -0.1) is 0 Å². The summed E-state index contributed by atoms with van der Waals surface area (Å²) >= 11 is 0. The summed E-state index contributed by atoms with van der Waals surface area (Å²) in [6, 6.07) is 10.5. The van der Waals surface area contributed by atoms with Crippen molar-refractivity contribution in [1.29, 1.82) is 0 Å². The van der Waals surface area contributed by atoms with Crippen LogP contribution in [0.15, 0.2) is 65.8 Å². The molecule has 1 aliphatic rings. The van der Waals surface area contributed by atoms with E-state index >= 15 is 0 Å².